The van der Waals surface area contributed by atoms with Crippen LogP contribution in [-0.2, 0) is 10.1 Å². The van der Waals surface area contributed by atoms with Crippen LogP contribution in [0.5, 0.6) is 0 Å². The van der Waals surface area contributed by atoms with Crippen LogP contribution in [0.4, 0.5) is 5.69 Å². The highest BCUT2D eigenvalue weighted by Gasteiger charge is 2.18. The third kappa shape index (κ3) is 4.01. The van der Waals surface area contributed by atoms with E-state index in [0.717, 1.165) is 11.1 Å². The minimum atomic E-state index is -4.40. The summed E-state index contributed by atoms with van der Waals surface area (Å²) in [6, 6.07) is 23.8. The number of benzene rings is 4. The minimum Gasteiger partial charge on any atom is -0.324 e. The van der Waals surface area contributed by atoms with Gasteiger partial charge in [-0.1, -0.05) is 66.7 Å². The summed E-state index contributed by atoms with van der Waals surface area (Å²) in [4.78, 5) is 10.4. The number of anilines is 1. The molecule has 0 heterocycles. The first-order chi connectivity index (χ1) is 13.5. The van der Waals surface area contributed by atoms with Crippen molar-refractivity contribution in [3.05, 3.63) is 84.4 Å². The Morgan fingerprint density at radius 2 is 1.36 bits per heavy atom. The Bertz CT molecular complexity index is 1250. The normalized spacial score (nSPS) is 10.9. The van der Waals surface area contributed by atoms with Crippen molar-refractivity contribution in [1.29, 1.82) is 0 Å². The smallest absolute Gasteiger partial charge is 0.295 e. The fourth-order valence-corrected chi connectivity index (χ4v) is 3.87. The summed E-state index contributed by atoms with van der Waals surface area (Å²) < 4.78 is 31.6. The van der Waals surface area contributed by atoms with Crippen molar-refractivity contribution in [2.45, 2.75) is 4.90 Å². The van der Waals surface area contributed by atoms with Crippen LogP contribution in [0.1, 0.15) is 10.4 Å². The number of nitrogen functional groups attached to an aromatic ring is 1. The third-order valence-corrected chi connectivity index (χ3v) is 5.21. The van der Waals surface area contributed by atoms with E-state index in [1.165, 1.54) is 11.5 Å². The molecule has 4 aromatic rings. The van der Waals surface area contributed by atoms with Gasteiger partial charge in [0.1, 0.15) is 4.90 Å². The molecule has 0 saturated carbocycles. The molecule has 0 bridgehead atoms. The van der Waals surface area contributed by atoms with Gasteiger partial charge in [0.25, 0.3) is 10.1 Å². The molecule has 6 nitrogen and oxygen atoms in total. The van der Waals surface area contributed by atoms with Crippen LogP contribution < -0.4 is 11.3 Å². The van der Waals surface area contributed by atoms with Crippen LogP contribution in [0.25, 0.3) is 21.5 Å². The van der Waals surface area contributed by atoms with Gasteiger partial charge < -0.3 is 5.43 Å². The van der Waals surface area contributed by atoms with Crippen molar-refractivity contribution in [3.63, 3.8) is 0 Å². The van der Waals surface area contributed by atoms with Crippen LogP contribution in [0.15, 0.2) is 83.8 Å². The third-order valence-electron chi connectivity index (χ3n) is 4.24. The Balaban J connectivity index is 0.000000167. The van der Waals surface area contributed by atoms with Crippen LogP contribution in [0.3, 0.4) is 0 Å². The van der Waals surface area contributed by atoms with Gasteiger partial charge in [0.05, 0.1) is 5.69 Å². The molecule has 4 rings (SSSR count). The highest BCUT2D eigenvalue weighted by atomic mass is 32.2. The van der Waals surface area contributed by atoms with E-state index in [9.17, 15) is 13.2 Å². The first kappa shape index (κ1) is 19.5. The molecule has 0 unspecified atom stereocenters. The standard InChI is InChI=1S/C11H8O4S.C10H10N2/c12-7-9-6-5-8-3-1-2-4-10(8)11(9)16(13,14)15;11-12-10-7-3-5-8-4-1-2-6-9(8)10/h1-7H,(H,13,14,15);1-7,12H,11H2. The lowest BCUT2D eigenvalue weighted by Crippen LogP contribution is -2.06. The highest BCUT2D eigenvalue weighted by Crippen LogP contribution is 2.25. The lowest BCUT2D eigenvalue weighted by molar-refractivity contribution is 0.112. The maximum atomic E-state index is 11.2. The fraction of sp³-hybridized carbons (Fsp3) is 0. The molecule has 0 aliphatic heterocycles. The molecule has 4 N–H and O–H groups in total. The quantitative estimate of drug-likeness (QED) is 0.209. The van der Waals surface area contributed by atoms with Gasteiger partial charge in [-0.2, -0.15) is 8.42 Å². The topological polar surface area (TPSA) is 109 Å². The van der Waals surface area contributed by atoms with E-state index in [0.29, 0.717) is 17.1 Å². The molecule has 0 fully saturated rings. The number of carbonyl (C=O) groups excluding carboxylic acids is 1. The van der Waals surface area contributed by atoms with Crippen LogP contribution >= 0.6 is 0 Å². The van der Waals surface area contributed by atoms with E-state index < -0.39 is 10.1 Å². The molecule has 0 radical (unpaired) electrons. The number of hydrogen-bond donors (Lipinski definition) is 3. The maximum absolute atomic E-state index is 11.2. The molecule has 7 heteroatoms. The molecule has 0 amide bonds. The van der Waals surface area contributed by atoms with Crippen molar-refractivity contribution >= 4 is 43.6 Å². The average molecular weight is 394 g/mol. The second-order valence-corrected chi connectivity index (χ2v) is 7.33. The fourth-order valence-electron chi connectivity index (χ4n) is 2.99. The van der Waals surface area contributed by atoms with E-state index >= 15 is 0 Å². The van der Waals surface area contributed by atoms with Gasteiger partial charge in [-0.3, -0.25) is 15.2 Å². The zero-order chi connectivity index (χ0) is 20.1. The Morgan fingerprint density at radius 3 is 1.96 bits per heavy atom. The van der Waals surface area contributed by atoms with E-state index in [2.05, 4.69) is 17.6 Å². The van der Waals surface area contributed by atoms with Crippen molar-refractivity contribution in [3.8, 4) is 0 Å². The number of aldehydes is 1. The largest absolute Gasteiger partial charge is 0.324 e. The molecule has 0 spiro atoms. The number of carbonyl (C=O) groups is 1. The van der Waals surface area contributed by atoms with Gasteiger partial charge in [0, 0.05) is 16.3 Å². The minimum absolute atomic E-state index is 0.0406. The summed E-state index contributed by atoms with van der Waals surface area (Å²) in [6.07, 6.45) is 0.412. The summed E-state index contributed by atoms with van der Waals surface area (Å²) in [5.41, 5.74) is 3.60. The average Bonchev–Trinajstić information content (AvgIpc) is 2.72. The first-order valence-corrected chi connectivity index (χ1v) is 9.78. The molecule has 0 atom stereocenters. The molecule has 0 aromatic heterocycles. The predicted molar refractivity (Wildman–Crippen MR) is 111 cm³/mol. The Labute approximate surface area is 162 Å². The van der Waals surface area contributed by atoms with Gasteiger partial charge in [0.2, 0.25) is 0 Å². The van der Waals surface area contributed by atoms with Crippen molar-refractivity contribution in [2.75, 3.05) is 5.43 Å². The second-order valence-electron chi connectivity index (χ2n) is 5.97. The Hall–Kier alpha value is -3.26. The van der Waals surface area contributed by atoms with Gasteiger partial charge in [-0.15, -0.1) is 0 Å². The lowest BCUT2D eigenvalue weighted by atomic mass is 10.1. The zero-order valence-electron chi connectivity index (χ0n) is 14.7. The summed E-state index contributed by atoms with van der Waals surface area (Å²) in [7, 11) is -4.40. The maximum Gasteiger partial charge on any atom is 0.295 e. The number of hydrazine groups is 1. The molecule has 0 aliphatic carbocycles. The molecular formula is C21H18N2O4S. The van der Waals surface area contributed by atoms with Gasteiger partial charge in [-0.25, -0.2) is 0 Å². The number of rotatable bonds is 3. The highest BCUT2D eigenvalue weighted by molar-refractivity contribution is 7.86. The molecule has 28 heavy (non-hydrogen) atoms. The van der Waals surface area contributed by atoms with E-state index in [-0.39, 0.29) is 10.5 Å². The number of nitrogens with two attached hydrogens (primary N) is 1. The Kier molecular flexibility index (Phi) is 5.70. The van der Waals surface area contributed by atoms with E-state index in [1.54, 1.807) is 30.3 Å². The zero-order valence-corrected chi connectivity index (χ0v) is 15.6. The van der Waals surface area contributed by atoms with Crippen molar-refractivity contribution in [2.24, 2.45) is 5.84 Å². The summed E-state index contributed by atoms with van der Waals surface area (Å²) in [6.45, 7) is 0. The van der Waals surface area contributed by atoms with Gasteiger partial charge in [0.15, 0.2) is 6.29 Å². The van der Waals surface area contributed by atoms with Gasteiger partial charge in [-0.05, 0) is 22.9 Å². The number of nitrogens with one attached hydrogen (secondary N) is 1. The first-order valence-electron chi connectivity index (χ1n) is 8.34. The SMILES string of the molecule is NNc1cccc2ccccc12.O=Cc1ccc2ccccc2c1S(=O)(=O)O. The molecule has 4 aromatic carbocycles. The number of hydrogen-bond acceptors (Lipinski definition) is 5. The molecular weight excluding hydrogens is 376 g/mol. The van der Waals surface area contributed by atoms with Crippen LogP contribution in [-0.4, -0.2) is 19.3 Å². The Morgan fingerprint density at radius 1 is 0.786 bits per heavy atom. The summed E-state index contributed by atoms with van der Waals surface area (Å²) >= 11 is 0. The van der Waals surface area contributed by atoms with Crippen LogP contribution in [0, 0.1) is 0 Å². The monoisotopic (exact) mass is 394 g/mol. The van der Waals surface area contributed by atoms with E-state index in [4.69, 9.17) is 10.4 Å². The van der Waals surface area contributed by atoms with Gasteiger partial charge >= 0.3 is 0 Å². The van der Waals surface area contributed by atoms with Crippen molar-refractivity contribution in [1.82, 2.24) is 0 Å². The summed E-state index contributed by atoms with van der Waals surface area (Å²) in [5, 5.41) is 3.35. The molecule has 142 valence electrons. The predicted octanol–water partition coefficient (Wildman–Crippen LogP) is 4.02. The van der Waals surface area contributed by atoms with Crippen LogP contribution in [0.2, 0.25) is 0 Å². The molecule has 0 aliphatic rings. The lowest BCUT2D eigenvalue weighted by Gasteiger charge is -2.05. The molecule has 0 saturated heterocycles. The second kappa shape index (κ2) is 8.18. The summed E-state index contributed by atoms with van der Waals surface area (Å²) in [5.74, 6) is 5.37. The van der Waals surface area contributed by atoms with E-state index in [1.807, 2.05) is 30.3 Å². The van der Waals surface area contributed by atoms with Crippen molar-refractivity contribution < 1.29 is 17.8 Å². The number of fused-ring (bicyclic) bond motifs is 2.